The highest BCUT2D eigenvalue weighted by Gasteiger charge is 2.27. The standard InChI is InChI=1S/C22H26Cl2N2O2/c1-3-4-13-25-22(28)16(2)26(15-17-9-6-5-7-10-17)21(27)14-18-19(23)11-8-12-20(18)24/h5-12,16H,3-4,13-15H2,1-2H3,(H,25,28)/t16-/m1/s1. The fourth-order valence-electron chi connectivity index (χ4n) is 2.85. The van der Waals surface area contributed by atoms with Gasteiger partial charge in [0.15, 0.2) is 0 Å². The van der Waals surface area contributed by atoms with Crippen LogP contribution < -0.4 is 5.32 Å². The minimum absolute atomic E-state index is 0.0396. The number of nitrogens with zero attached hydrogens (tertiary/aromatic N) is 1. The van der Waals surface area contributed by atoms with Gasteiger partial charge in [-0.05, 0) is 36.6 Å². The van der Waals surface area contributed by atoms with E-state index in [2.05, 4.69) is 12.2 Å². The van der Waals surface area contributed by atoms with Crippen LogP contribution in [0.25, 0.3) is 0 Å². The summed E-state index contributed by atoms with van der Waals surface area (Å²) in [5, 5.41) is 3.80. The largest absolute Gasteiger partial charge is 0.354 e. The Morgan fingerprint density at radius 1 is 1.04 bits per heavy atom. The van der Waals surface area contributed by atoms with Gasteiger partial charge in [0.2, 0.25) is 11.8 Å². The third-order valence-corrected chi connectivity index (χ3v) is 5.29. The lowest BCUT2D eigenvalue weighted by Crippen LogP contribution is -2.48. The Morgan fingerprint density at radius 3 is 2.29 bits per heavy atom. The van der Waals surface area contributed by atoms with E-state index in [1.165, 1.54) is 0 Å². The Bertz CT molecular complexity index is 776. The molecule has 0 bridgehead atoms. The molecule has 1 N–H and O–H groups in total. The number of carbonyl (C=O) groups excluding carboxylic acids is 2. The summed E-state index contributed by atoms with van der Waals surface area (Å²) in [5.41, 5.74) is 1.53. The first-order valence-corrected chi connectivity index (χ1v) is 10.2. The van der Waals surface area contributed by atoms with E-state index in [1.807, 2.05) is 30.3 Å². The molecule has 4 nitrogen and oxygen atoms in total. The molecule has 0 spiro atoms. The van der Waals surface area contributed by atoms with Crippen LogP contribution in [0.2, 0.25) is 10.0 Å². The Morgan fingerprint density at radius 2 is 1.68 bits per heavy atom. The van der Waals surface area contributed by atoms with Crippen molar-refractivity contribution in [1.82, 2.24) is 10.2 Å². The Balaban J connectivity index is 2.21. The zero-order valence-corrected chi connectivity index (χ0v) is 17.8. The number of amides is 2. The monoisotopic (exact) mass is 420 g/mol. The second-order valence-electron chi connectivity index (χ2n) is 6.70. The average Bonchev–Trinajstić information content (AvgIpc) is 2.69. The highest BCUT2D eigenvalue weighted by Crippen LogP contribution is 2.25. The maximum Gasteiger partial charge on any atom is 0.242 e. The molecule has 2 rings (SSSR count). The van der Waals surface area contributed by atoms with E-state index < -0.39 is 6.04 Å². The van der Waals surface area contributed by atoms with Crippen molar-refractivity contribution in [2.24, 2.45) is 0 Å². The van der Waals surface area contributed by atoms with Crippen LogP contribution in [-0.4, -0.2) is 29.3 Å². The zero-order valence-electron chi connectivity index (χ0n) is 16.3. The molecule has 0 aliphatic rings. The fourth-order valence-corrected chi connectivity index (χ4v) is 3.38. The Labute approximate surface area is 176 Å². The van der Waals surface area contributed by atoms with Gasteiger partial charge >= 0.3 is 0 Å². The van der Waals surface area contributed by atoms with E-state index in [4.69, 9.17) is 23.2 Å². The van der Waals surface area contributed by atoms with Crippen molar-refractivity contribution < 1.29 is 9.59 Å². The topological polar surface area (TPSA) is 49.4 Å². The van der Waals surface area contributed by atoms with Gasteiger partial charge in [-0.1, -0.05) is 72.9 Å². The van der Waals surface area contributed by atoms with Gasteiger partial charge in [0, 0.05) is 23.1 Å². The molecule has 1 atom stereocenters. The van der Waals surface area contributed by atoms with Crippen molar-refractivity contribution in [3.63, 3.8) is 0 Å². The quantitative estimate of drug-likeness (QED) is 0.588. The van der Waals surface area contributed by atoms with E-state index in [1.54, 1.807) is 30.0 Å². The SMILES string of the molecule is CCCCNC(=O)[C@@H](C)N(Cc1ccccc1)C(=O)Cc1c(Cl)cccc1Cl. The molecule has 0 fully saturated rings. The van der Waals surface area contributed by atoms with E-state index >= 15 is 0 Å². The molecule has 0 aliphatic heterocycles. The van der Waals surface area contributed by atoms with Crippen LogP contribution >= 0.6 is 23.2 Å². The first kappa shape index (κ1) is 22.3. The number of halogens is 2. The molecule has 0 heterocycles. The molecule has 2 amide bonds. The second kappa shape index (κ2) is 11.1. The predicted octanol–water partition coefficient (Wildman–Crippen LogP) is 4.87. The van der Waals surface area contributed by atoms with Crippen molar-refractivity contribution in [3.8, 4) is 0 Å². The van der Waals surface area contributed by atoms with Gasteiger partial charge < -0.3 is 10.2 Å². The number of carbonyl (C=O) groups is 2. The zero-order chi connectivity index (χ0) is 20.5. The van der Waals surface area contributed by atoms with Gasteiger partial charge in [0.05, 0.1) is 6.42 Å². The lowest BCUT2D eigenvalue weighted by molar-refractivity contribution is -0.140. The van der Waals surface area contributed by atoms with Crippen LogP contribution in [0.3, 0.4) is 0 Å². The molecule has 0 radical (unpaired) electrons. The third kappa shape index (κ3) is 6.25. The maximum atomic E-state index is 13.1. The predicted molar refractivity (Wildman–Crippen MR) is 115 cm³/mol. The summed E-state index contributed by atoms with van der Waals surface area (Å²) in [4.78, 5) is 27.3. The van der Waals surface area contributed by atoms with Crippen LogP contribution in [0.4, 0.5) is 0 Å². The molecule has 0 saturated carbocycles. The van der Waals surface area contributed by atoms with E-state index in [0.29, 0.717) is 28.7 Å². The van der Waals surface area contributed by atoms with Crippen molar-refractivity contribution in [2.45, 2.75) is 45.7 Å². The van der Waals surface area contributed by atoms with Crippen LogP contribution in [0.5, 0.6) is 0 Å². The normalized spacial score (nSPS) is 11.7. The fraction of sp³-hybridized carbons (Fsp3) is 0.364. The van der Waals surface area contributed by atoms with Gasteiger partial charge in [-0.2, -0.15) is 0 Å². The molecule has 6 heteroatoms. The van der Waals surface area contributed by atoms with Gasteiger partial charge in [0.25, 0.3) is 0 Å². The van der Waals surface area contributed by atoms with E-state index in [9.17, 15) is 9.59 Å². The number of benzene rings is 2. The van der Waals surface area contributed by atoms with Crippen molar-refractivity contribution in [3.05, 3.63) is 69.7 Å². The lowest BCUT2D eigenvalue weighted by Gasteiger charge is -2.29. The molecular weight excluding hydrogens is 395 g/mol. The second-order valence-corrected chi connectivity index (χ2v) is 7.52. The number of unbranched alkanes of at least 4 members (excludes halogenated alkanes) is 1. The first-order chi connectivity index (χ1) is 13.4. The summed E-state index contributed by atoms with van der Waals surface area (Å²) < 4.78 is 0. The van der Waals surface area contributed by atoms with Crippen molar-refractivity contribution >= 4 is 35.0 Å². The average molecular weight is 421 g/mol. The Kier molecular flexibility index (Phi) is 8.81. The van der Waals surface area contributed by atoms with Crippen molar-refractivity contribution in [1.29, 1.82) is 0 Å². The number of rotatable bonds is 9. The van der Waals surface area contributed by atoms with Crippen LogP contribution in [0.15, 0.2) is 48.5 Å². The summed E-state index contributed by atoms with van der Waals surface area (Å²) in [5.74, 6) is -0.361. The summed E-state index contributed by atoms with van der Waals surface area (Å²) in [6, 6.07) is 14.2. The molecule has 2 aromatic carbocycles. The number of nitrogens with one attached hydrogen (secondary N) is 1. The van der Waals surface area contributed by atoms with E-state index in [0.717, 1.165) is 18.4 Å². The minimum Gasteiger partial charge on any atom is -0.354 e. The first-order valence-electron chi connectivity index (χ1n) is 9.48. The van der Waals surface area contributed by atoms with Gasteiger partial charge in [-0.15, -0.1) is 0 Å². The molecule has 0 aliphatic carbocycles. The smallest absolute Gasteiger partial charge is 0.242 e. The summed E-state index contributed by atoms with van der Waals surface area (Å²) in [7, 11) is 0. The molecule has 2 aromatic rings. The van der Waals surface area contributed by atoms with Crippen molar-refractivity contribution in [2.75, 3.05) is 6.54 Å². The summed E-state index contributed by atoms with van der Waals surface area (Å²) in [6.07, 6.45) is 1.94. The minimum atomic E-state index is -0.606. The number of hydrogen-bond donors (Lipinski definition) is 1. The third-order valence-electron chi connectivity index (χ3n) is 4.58. The molecular formula is C22H26Cl2N2O2. The molecule has 28 heavy (non-hydrogen) atoms. The number of hydrogen-bond acceptors (Lipinski definition) is 2. The Hall–Kier alpha value is -2.04. The maximum absolute atomic E-state index is 13.1. The molecule has 0 unspecified atom stereocenters. The lowest BCUT2D eigenvalue weighted by atomic mass is 10.1. The van der Waals surface area contributed by atoms with Gasteiger partial charge in [0.1, 0.15) is 6.04 Å². The highest BCUT2D eigenvalue weighted by atomic mass is 35.5. The molecule has 150 valence electrons. The van der Waals surface area contributed by atoms with Gasteiger partial charge in [-0.25, -0.2) is 0 Å². The molecule has 0 saturated heterocycles. The van der Waals surface area contributed by atoms with Crippen LogP contribution in [0.1, 0.15) is 37.8 Å². The van der Waals surface area contributed by atoms with Crippen LogP contribution in [-0.2, 0) is 22.6 Å². The summed E-state index contributed by atoms with van der Waals surface area (Å²) in [6.45, 7) is 4.75. The van der Waals surface area contributed by atoms with Crippen LogP contribution in [0, 0.1) is 0 Å². The molecule has 0 aromatic heterocycles. The van der Waals surface area contributed by atoms with Gasteiger partial charge in [-0.3, -0.25) is 9.59 Å². The summed E-state index contributed by atoms with van der Waals surface area (Å²) >= 11 is 12.5. The highest BCUT2D eigenvalue weighted by molar-refractivity contribution is 6.36. The van der Waals surface area contributed by atoms with E-state index in [-0.39, 0.29) is 18.2 Å².